The van der Waals surface area contributed by atoms with Crippen LogP contribution in [0.1, 0.15) is 20.3 Å². The number of carboxylic acid groups (broad SMARTS) is 1. The molecule has 1 aromatic carbocycles. The number of rotatable bonds is 6. The van der Waals surface area contributed by atoms with Crippen molar-refractivity contribution in [3.05, 3.63) is 29.8 Å². The molecule has 0 heterocycles. The van der Waals surface area contributed by atoms with Crippen LogP contribution in [0, 0.1) is 11.6 Å². The summed E-state index contributed by atoms with van der Waals surface area (Å²) < 4.78 is 31.6. The van der Waals surface area contributed by atoms with Crippen molar-refractivity contribution < 1.29 is 23.4 Å². The van der Waals surface area contributed by atoms with Crippen LogP contribution in [-0.4, -0.2) is 29.8 Å². The molecule has 0 aromatic heterocycles. The molecule has 0 saturated heterocycles. The Morgan fingerprint density at radius 3 is 2.68 bits per heavy atom. The Bertz CT molecular complexity index is 467. The maximum atomic E-state index is 13.4. The van der Waals surface area contributed by atoms with Crippen molar-refractivity contribution >= 4 is 5.97 Å². The van der Waals surface area contributed by atoms with Gasteiger partial charge in [-0.1, -0.05) is 0 Å². The van der Waals surface area contributed by atoms with Crippen LogP contribution in [0.5, 0.6) is 5.75 Å². The first-order valence-corrected chi connectivity index (χ1v) is 5.82. The summed E-state index contributed by atoms with van der Waals surface area (Å²) in [6.07, 6.45) is -0.487. The molecule has 1 aromatic rings. The highest BCUT2D eigenvalue weighted by molar-refractivity contribution is 5.78. The van der Waals surface area contributed by atoms with Crippen LogP contribution in [0.3, 0.4) is 0 Å². The van der Waals surface area contributed by atoms with Crippen molar-refractivity contribution in [2.75, 3.05) is 7.05 Å². The number of carboxylic acids is 1. The molecule has 2 unspecified atom stereocenters. The minimum atomic E-state index is -1.19. The third kappa shape index (κ3) is 3.89. The molecule has 0 bridgehead atoms. The fraction of sp³-hybridized carbons (Fsp3) is 0.462. The van der Waals surface area contributed by atoms with Crippen molar-refractivity contribution in [2.45, 2.75) is 31.9 Å². The molecule has 0 aliphatic rings. The van der Waals surface area contributed by atoms with Crippen molar-refractivity contribution in [1.29, 1.82) is 0 Å². The second-order valence-corrected chi connectivity index (χ2v) is 4.59. The first kappa shape index (κ1) is 15.4. The topological polar surface area (TPSA) is 58.6 Å². The van der Waals surface area contributed by atoms with Gasteiger partial charge in [-0.05, 0) is 33.0 Å². The number of likely N-dealkylation sites (N-methyl/N-ethyl adjacent to an activating group) is 1. The predicted octanol–water partition coefficient (Wildman–Crippen LogP) is 2.18. The van der Waals surface area contributed by atoms with Gasteiger partial charge in [0.1, 0.15) is 11.4 Å². The monoisotopic (exact) mass is 273 g/mol. The molecule has 1 rings (SSSR count). The highest BCUT2D eigenvalue weighted by Crippen LogP contribution is 2.22. The third-order valence-corrected chi connectivity index (χ3v) is 2.94. The smallest absolute Gasteiger partial charge is 0.323 e. The van der Waals surface area contributed by atoms with Gasteiger partial charge >= 0.3 is 5.97 Å². The lowest BCUT2D eigenvalue weighted by Gasteiger charge is -2.27. The molecule has 19 heavy (non-hydrogen) atoms. The molecular weight excluding hydrogens is 256 g/mol. The van der Waals surface area contributed by atoms with E-state index >= 15 is 0 Å². The van der Waals surface area contributed by atoms with E-state index in [0.29, 0.717) is 0 Å². The van der Waals surface area contributed by atoms with Crippen molar-refractivity contribution in [3.8, 4) is 5.75 Å². The van der Waals surface area contributed by atoms with E-state index in [4.69, 9.17) is 9.84 Å². The summed E-state index contributed by atoms with van der Waals surface area (Å²) in [4.78, 5) is 11.1. The average molecular weight is 273 g/mol. The van der Waals surface area contributed by atoms with Crippen LogP contribution < -0.4 is 10.1 Å². The highest BCUT2D eigenvalue weighted by Gasteiger charge is 2.33. The molecular formula is C13H17F2NO3. The van der Waals surface area contributed by atoms with E-state index in [1.54, 1.807) is 6.92 Å². The van der Waals surface area contributed by atoms with E-state index in [1.165, 1.54) is 14.0 Å². The lowest BCUT2D eigenvalue weighted by molar-refractivity contribution is -0.145. The normalized spacial score (nSPS) is 15.6. The van der Waals surface area contributed by atoms with E-state index in [-0.39, 0.29) is 12.2 Å². The standard InChI is InChI=1S/C13H17F2NO3/c1-8(7-13(2,16-3)12(17)18)19-11-6-9(14)4-5-10(11)15/h4-6,8,16H,7H2,1-3H3,(H,17,18). The molecule has 2 N–H and O–H groups in total. The summed E-state index contributed by atoms with van der Waals surface area (Å²) in [6, 6.07) is 2.89. The van der Waals surface area contributed by atoms with Crippen LogP contribution in [0.25, 0.3) is 0 Å². The number of nitrogens with one attached hydrogen (secondary N) is 1. The van der Waals surface area contributed by atoms with Gasteiger partial charge in [-0.2, -0.15) is 0 Å². The number of carbonyl (C=O) groups is 1. The lowest BCUT2D eigenvalue weighted by atomic mass is 9.95. The number of aliphatic carboxylic acids is 1. The van der Waals surface area contributed by atoms with E-state index in [1.807, 2.05) is 0 Å². The third-order valence-electron chi connectivity index (χ3n) is 2.94. The Balaban J connectivity index is 2.77. The molecule has 0 aliphatic heterocycles. The molecule has 0 fully saturated rings. The first-order valence-electron chi connectivity index (χ1n) is 5.82. The minimum Gasteiger partial charge on any atom is -0.487 e. The van der Waals surface area contributed by atoms with Crippen LogP contribution in [0.15, 0.2) is 18.2 Å². The first-order chi connectivity index (χ1) is 8.78. The van der Waals surface area contributed by atoms with E-state index in [0.717, 1.165) is 18.2 Å². The number of hydrogen-bond acceptors (Lipinski definition) is 3. The fourth-order valence-electron chi connectivity index (χ4n) is 1.70. The van der Waals surface area contributed by atoms with Gasteiger partial charge in [0.25, 0.3) is 0 Å². The second-order valence-electron chi connectivity index (χ2n) is 4.59. The summed E-state index contributed by atoms with van der Waals surface area (Å²) in [5, 5.41) is 11.8. The van der Waals surface area contributed by atoms with Gasteiger partial charge in [0.05, 0.1) is 6.10 Å². The van der Waals surface area contributed by atoms with Gasteiger partial charge in [-0.25, -0.2) is 8.78 Å². The fourth-order valence-corrected chi connectivity index (χ4v) is 1.70. The Morgan fingerprint density at radius 1 is 1.53 bits per heavy atom. The lowest BCUT2D eigenvalue weighted by Crippen LogP contribution is -2.50. The molecule has 0 aliphatic carbocycles. The zero-order valence-corrected chi connectivity index (χ0v) is 11.0. The summed E-state index contributed by atoms with van der Waals surface area (Å²) in [6.45, 7) is 3.10. The highest BCUT2D eigenvalue weighted by atomic mass is 19.1. The molecule has 106 valence electrons. The quantitative estimate of drug-likeness (QED) is 0.834. The van der Waals surface area contributed by atoms with Crippen LogP contribution in [0.4, 0.5) is 8.78 Å². The zero-order chi connectivity index (χ0) is 14.6. The van der Waals surface area contributed by atoms with Gasteiger partial charge in [0.15, 0.2) is 11.6 Å². The number of ether oxygens (including phenoxy) is 1. The van der Waals surface area contributed by atoms with Crippen molar-refractivity contribution in [3.63, 3.8) is 0 Å². The average Bonchev–Trinajstić information content (AvgIpc) is 2.33. The predicted molar refractivity (Wildman–Crippen MR) is 66.2 cm³/mol. The Hall–Kier alpha value is -1.69. The maximum absolute atomic E-state index is 13.4. The molecule has 0 amide bonds. The number of benzene rings is 1. The largest absolute Gasteiger partial charge is 0.487 e. The van der Waals surface area contributed by atoms with Crippen LogP contribution in [0.2, 0.25) is 0 Å². The van der Waals surface area contributed by atoms with E-state index in [2.05, 4.69) is 5.32 Å². The zero-order valence-electron chi connectivity index (χ0n) is 11.0. The van der Waals surface area contributed by atoms with E-state index in [9.17, 15) is 13.6 Å². The summed E-state index contributed by atoms with van der Waals surface area (Å²) in [5.74, 6) is -2.56. The Labute approximate surface area is 110 Å². The van der Waals surface area contributed by atoms with E-state index < -0.39 is 29.2 Å². The SMILES string of the molecule is CNC(C)(CC(C)Oc1cc(F)ccc1F)C(=O)O. The number of halogens is 2. The summed E-state index contributed by atoms with van der Waals surface area (Å²) in [7, 11) is 1.52. The molecule has 4 nitrogen and oxygen atoms in total. The van der Waals surface area contributed by atoms with Crippen molar-refractivity contribution in [2.24, 2.45) is 0 Å². The molecule has 2 atom stereocenters. The van der Waals surface area contributed by atoms with Gasteiger partial charge in [0, 0.05) is 12.5 Å². The second kappa shape index (κ2) is 5.97. The van der Waals surface area contributed by atoms with Crippen molar-refractivity contribution in [1.82, 2.24) is 5.32 Å². The minimum absolute atomic E-state index is 0.106. The van der Waals surface area contributed by atoms with Crippen LogP contribution >= 0.6 is 0 Å². The molecule has 6 heteroatoms. The number of hydrogen-bond donors (Lipinski definition) is 2. The Morgan fingerprint density at radius 2 is 2.16 bits per heavy atom. The van der Waals surface area contributed by atoms with Gasteiger partial charge in [-0.3, -0.25) is 4.79 Å². The molecule has 0 radical (unpaired) electrons. The molecule has 0 spiro atoms. The summed E-state index contributed by atoms with van der Waals surface area (Å²) >= 11 is 0. The van der Waals surface area contributed by atoms with Gasteiger partial charge in [-0.15, -0.1) is 0 Å². The van der Waals surface area contributed by atoms with Gasteiger partial charge in [0.2, 0.25) is 0 Å². The Kier molecular flexibility index (Phi) is 4.83. The maximum Gasteiger partial charge on any atom is 0.323 e. The molecule has 0 saturated carbocycles. The summed E-state index contributed by atoms with van der Waals surface area (Å²) in [5.41, 5.74) is -1.19. The van der Waals surface area contributed by atoms with Gasteiger partial charge < -0.3 is 15.2 Å². The van der Waals surface area contributed by atoms with Crippen LogP contribution in [-0.2, 0) is 4.79 Å².